The Morgan fingerprint density at radius 1 is 1.11 bits per heavy atom. The van der Waals surface area contributed by atoms with Crippen molar-refractivity contribution in [3.63, 3.8) is 0 Å². The molecule has 0 saturated carbocycles. The largest absolute Gasteiger partial charge is 0.393 e. The summed E-state index contributed by atoms with van der Waals surface area (Å²) in [7, 11) is 0. The Labute approximate surface area is 164 Å². The van der Waals surface area contributed by atoms with Gasteiger partial charge in [0.2, 0.25) is 0 Å². The lowest BCUT2D eigenvalue weighted by molar-refractivity contribution is 0.549. The summed E-state index contributed by atoms with van der Waals surface area (Å²) in [5.41, 5.74) is 9.19. The van der Waals surface area contributed by atoms with Crippen molar-refractivity contribution in [1.82, 2.24) is 15.0 Å². The first kappa shape index (κ1) is 19.4. The van der Waals surface area contributed by atoms with Crippen LogP contribution in [0.5, 0.6) is 0 Å². The zero-order valence-electron chi connectivity index (χ0n) is 16.7. The van der Waals surface area contributed by atoms with Crippen LogP contribution in [0.2, 0.25) is 0 Å². The van der Waals surface area contributed by atoms with Gasteiger partial charge in [0.1, 0.15) is 12.0 Å². The topological polar surface area (TPSA) is 80.0 Å². The van der Waals surface area contributed by atoms with Crippen molar-refractivity contribution < 1.29 is 0 Å². The minimum atomic E-state index is 0.516. The Kier molecular flexibility index (Phi) is 5.79. The molecule has 0 atom stereocenters. The van der Waals surface area contributed by atoms with Gasteiger partial charge in [-0.15, -0.1) is 0 Å². The Hall–Kier alpha value is -2.41. The van der Waals surface area contributed by atoms with Gasteiger partial charge in [0.15, 0.2) is 16.8 Å². The molecule has 1 aromatic carbocycles. The zero-order valence-corrected chi connectivity index (χ0v) is 17.5. The van der Waals surface area contributed by atoms with Gasteiger partial charge in [0, 0.05) is 13.1 Å². The third-order valence-corrected chi connectivity index (χ3v) is 5.12. The number of nitrogens with two attached hydrogens (primary N) is 1. The van der Waals surface area contributed by atoms with Crippen molar-refractivity contribution in [2.45, 2.75) is 34.6 Å². The average Bonchev–Trinajstić information content (AvgIpc) is 2.99. The Bertz CT molecular complexity index is 908. The van der Waals surface area contributed by atoms with Gasteiger partial charge >= 0.3 is 0 Å². The fourth-order valence-electron chi connectivity index (χ4n) is 3.11. The summed E-state index contributed by atoms with van der Waals surface area (Å²) in [4.78, 5) is 15.8. The second-order valence-corrected chi connectivity index (χ2v) is 8.75. The second-order valence-electron chi connectivity index (χ2n) is 7.72. The van der Waals surface area contributed by atoms with Crippen LogP contribution in [0.15, 0.2) is 24.5 Å². The number of anilines is 4. The molecule has 144 valence electrons. The van der Waals surface area contributed by atoms with Crippen molar-refractivity contribution in [2.24, 2.45) is 11.8 Å². The fourth-order valence-corrected chi connectivity index (χ4v) is 4.05. The summed E-state index contributed by atoms with van der Waals surface area (Å²) in [6, 6.07) is 6.19. The molecule has 2 heterocycles. The molecule has 6 nitrogen and oxygen atoms in total. The molecule has 7 heteroatoms. The third-order valence-electron chi connectivity index (χ3n) is 4.18. The number of rotatable bonds is 7. The highest BCUT2D eigenvalue weighted by molar-refractivity contribution is 7.22. The van der Waals surface area contributed by atoms with Crippen LogP contribution < -0.4 is 16.0 Å². The van der Waals surface area contributed by atoms with E-state index < -0.39 is 0 Å². The molecule has 0 amide bonds. The maximum Gasteiger partial charge on any atom is 0.189 e. The van der Waals surface area contributed by atoms with E-state index in [9.17, 15) is 0 Å². The molecule has 0 radical (unpaired) electrons. The van der Waals surface area contributed by atoms with Gasteiger partial charge in [-0.1, -0.05) is 51.2 Å². The Balaban J connectivity index is 1.92. The Morgan fingerprint density at radius 3 is 2.44 bits per heavy atom. The van der Waals surface area contributed by atoms with Gasteiger partial charge < -0.3 is 16.0 Å². The predicted molar refractivity (Wildman–Crippen MR) is 116 cm³/mol. The molecule has 3 rings (SSSR count). The highest BCUT2D eigenvalue weighted by Crippen LogP contribution is 2.33. The summed E-state index contributed by atoms with van der Waals surface area (Å²) >= 11 is 1.60. The summed E-state index contributed by atoms with van der Waals surface area (Å²) in [5.74, 6) is 2.42. The molecule has 0 unspecified atom stereocenters. The van der Waals surface area contributed by atoms with E-state index in [0.717, 1.165) is 39.8 Å². The van der Waals surface area contributed by atoms with E-state index in [4.69, 9.17) is 10.7 Å². The first-order chi connectivity index (χ1) is 12.8. The number of nitrogens with one attached hydrogen (secondary N) is 1. The van der Waals surface area contributed by atoms with Gasteiger partial charge in [0.05, 0.1) is 10.2 Å². The van der Waals surface area contributed by atoms with Gasteiger partial charge in [-0.3, -0.25) is 0 Å². The number of hydrogen-bond donors (Lipinski definition) is 2. The predicted octanol–water partition coefficient (Wildman–Crippen LogP) is 4.84. The summed E-state index contributed by atoms with van der Waals surface area (Å²) in [6.07, 6.45) is 1.57. The van der Waals surface area contributed by atoms with Crippen molar-refractivity contribution in [3.05, 3.63) is 30.1 Å². The lowest BCUT2D eigenvalue weighted by Crippen LogP contribution is -2.32. The molecule has 0 aliphatic rings. The zero-order chi connectivity index (χ0) is 19.6. The molecule has 0 aliphatic carbocycles. The van der Waals surface area contributed by atoms with Gasteiger partial charge in [-0.25, -0.2) is 15.0 Å². The molecular weight excluding hydrogens is 356 g/mol. The fraction of sp³-hybridized carbons (Fsp3) is 0.450. The van der Waals surface area contributed by atoms with Crippen molar-refractivity contribution in [2.75, 3.05) is 29.0 Å². The normalized spacial score (nSPS) is 11.5. The van der Waals surface area contributed by atoms with E-state index in [0.29, 0.717) is 23.3 Å². The molecule has 3 N–H and O–H groups in total. The smallest absolute Gasteiger partial charge is 0.189 e. The molecule has 2 aromatic heterocycles. The first-order valence-electron chi connectivity index (χ1n) is 9.33. The van der Waals surface area contributed by atoms with Crippen molar-refractivity contribution in [1.29, 1.82) is 0 Å². The number of thiazole rings is 1. The van der Waals surface area contributed by atoms with E-state index >= 15 is 0 Å². The number of hydrogen-bond acceptors (Lipinski definition) is 7. The number of nitrogen functional groups attached to an aromatic ring is 1. The number of fused-ring (bicyclic) bond motifs is 1. The number of aryl methyl sites for hydroxylation is 1. The molecule has 0 saturated heterocycles. The number of aromatic nitrogens is 3. The lowest BCUT2D eigenvalue weighted by atomic mass is 10.1. The highest BCUT2D eigenvalue weighted by Gasteiger charge is 2.18. The lowest BCUT2D eigenvalue weighted by Gasteiger charge is -2.28. The van der Waals surface area contributed by atoms with Crippen molar-refractivity contribution in [3.8, 4) is 0 Å². The van der Waals surface area contributed by atoms with E-state index in [1.54, 1.807) is 17.7 Å². The van der Waals surface area contributed by atoms with Gasteiger partial charge in [-0.05, 0) is 30.4 Å². The van der Waals surface area contributed by atoms with Gasteiger partial charge in [0.25, 0.3) is 0 Å². The van der Waals surface area contributed by atoms with Crippen LogP contribution in [0.1, 0.15) is 33.3 Å². The average molecular weight is 385 g/mol. The van der Waals surface area contributed by atoms with E-state index in [-0.39, 0.29) is 0 Å². The van der Waals surface area contributed by atoms with Crippen LogP contribution in [-0.4, -0.2) is 28.0 Å². The summed E-state index contributed by atoms with van der Waals surface area (Å²) in [6.45, 7) is 12.7. The minimum Gasteiger partial charge on any atom is -0.393 e. The van der Waals surface area contributed by atoms with E-state index in [1.165, 1.54) is 0 Å². The highest BCUT2D eigenvalue weighted by atomic mass is 32.1. The monoisotopic (exact) mass is 384 g/mol. The van der Waals surface area contributed by atoms with Crippen LogP contribution in [0.4, 0.5) is 22.5 Å². The van der Waals surface area contributed by atoms with E-state index in [2.05, 4.69) is 66.9 Å². The molecule has 0 fully saturated rings. The number of para-hydroxylation sites is 1. The molecule has 0 spiro atoms. The van der Waals surface area contributed by atoms with Crippen LogP contribution >= 0.6 is 11.3 Å². The number of nitrogens with zero attached hydrogens (tertiary/aromatic N) is 4. The van der Waals surface area contributed by atoms with Crippen molar-refractivity contribution >= 4 is 44.0 Å². The molecule has 0 aliphatic heterocycles. The third kappa shape index (κ3) is 4.47. The first-order valence-corrected chi connectivity index (χ1v) is 10.2. The summed E-state index contributed by atoms with van der Waals surface area (Å²) < 4.78 is 1.14. The van der Waals surface area contributed by atoms with Gasteiger partial charge in [-0.2, -0.15) is 0 Å². The second kappa shape index (κ2) is 8.08. The molecule has 0 bridgehead atoms. The molecule has 3 aromatic rings. The maximum atomic E-state index is 6.46. The summed E-state index contributed by atoms with van der Waals surface area (Å²) in [5, 5.41) is 4.08. The number of benzene rings is 1. The minimum absolute atomic E-state index is 0.516. The maximum absolute atomic E-state index is 6.46. The van der Waals surface area contributed by atoms with Crippen LogP contribution in [0, 0.1) is 18.8 Å². The Morgan fingerprint density at radius 2 is 1.81 bits per heavy atom. The molecule has 27 heavy (non-hydrogen) atoms. The van der Waals surface area contributed by atoms with Crippen LogP contribution in [0.3, 0.4) is 0 Å². The van der Waals surface area contributed by atoms with Crippen LogP contribution in [0.25, 0.3) is 10.2 Å². The molecular formula is C20H28N6S. The SMILES string of the molecule is Cc1cccc2sc(Nc3ncnc(N(CC(C)C)CC(C)C)c3N)nc12. The standard InChI is InChI=1S/C20H28N6S/c1-12(2)9-26(10-13(3)4)19-16(21)18(22-11-23-19)25-20-24-17-14(5)7-6-8-15(17)27-20/h6-8,11-13H,9-10,21H2,1-5H3,(H,22,23,24,25). The van der Waals surface area contributed by atoms with Crippen LogP contribution in [-0.2, 0) is 0 Å². The van der Waals surface area contributed by atoms with E-state index in [1.807, 2.05) is 6.07 Å². The quantitative estimate of drug-likeness (QED) is 0.607.